The number of halogens is 5. The van der Waals surface area contributed by atoms with Gasteiger partial charge in [0.25, 0.3) is 5.91 Å². The van der Waals surface area contributed by atoms with Gasteiger partial charge in [0.1, 0.15) is 17.8 Å². The van der Waals surface area contributed by atoms with Crippen LogP contribution in [0.5, 0.6) is 5.75 Å². The Kier molecular flexibility index (Phi) is 6.06. The molecule has 1 aliphatic heterocycles. The molecule has 12 heteroatoms. The van der Waals surface area contributed by atoms with Gasteiger partial charge in [0, 0.05) is 5.69 Å². The number of hydrogen-bond donors (Lipinski definition) is 2. The lowest BCUT2D eigenvalue weighted by Crippen LogP contribution is -2.42. The smallest absolute Gasteiger partial charge is 0.416 e. The quantitative estimate of drug-likeness (QED) is 0.512. The molecule has 1 atom stereocenters. The first-order valence-corrected chi connectivity index (χ1v) is 9.07. The van der Waals surface area contributed by atoms with Gasteiger partial charge in [-0.2, -0.15) is 22.0 Å². The molecular weight excluding hydrogens is 441 g/mol. The zero-order chi connectivity index (χ0) is 23.7. The molecule has 2 aromatic rings. The average Bonchev–Trinajstić information content (AvgIpc) is 2.91. The van der Waals surface area contributed by atoms with Crippen LogP contribution in [0, 0.1) is 0 Å². The van der Waals surface area contributed by atoms with Gasteiger partial charge in [-0.3, -0.25) is 14.5 Å². The third-order valence-corrected chi connectivity index (χ3v) is 4.73. The number of ether oxygens (including phenoxy) is 1. The number of anilines is 1. The highest BCUT2D eigenvalue weighted by Crippen LogP contribution is 2.31. The molecule has 4 amide bonds. The summed E-state index contributed by atoms with van der Waals surface area (Å²) in [6, 6.07) is 7.82. The van der Waals surface area contributed by atoms with Gasteiger partial charge in [-0.05, 0) is 48.9 Å². The average molecular weight is 457 g/mol. The van der Waals surface area contributed by atoms with E-state index in [2.05, 4.69) is 15.4 Å². The lowest BCUT2D eigenvalue weighted by atomic mass is 9.92. The van der Waals surface area contributed by atoms with E-state index in [0.29, 0.717) is 4.90 Å². The van der Waals surface area contributed by atoms with Crippen molar-refractivity contribution in [3.8, 4) is 5.75 Å². The molecule has 2 aromatic carbocycles. The number of amides is 4. The lowest BCUT2D eigenvalue weighted by Gasteiger charge is -2.22. The molecular formula is C20H16F5N3O4. The molecule has 1 heterocycles. The molecule has 1 unspecified atom stereocenters. The number of nitrogens with one attached hydrogen (secondary N) is 2. The molecule has 0 aromatic heterocycles. The summed E-state index contributed by atoms with van der Waals surface area (Å²) >= 11 is 0. The summed E-state index contributed by atoms with van der Waals surface area (Å²) in [5.41, 5.74) is -2.14. The van der Waals surface area contributed by atoms with Crippen molar-refractivity contribution in [3.05, 3.63) is 59.7 Å². The minimum Gasteiger partial charge on any atom is -0.435 e. The van der Waals surface area contributed by atoms with Gasteiger partial charge < -0.3 is 15.4 Å². The molecule has 1 fully saturated rings. The van der Waals surface area contributed by atoms with E-state index >= 15 is 0 Å². The Morgan fingerprint density at radius 3 is 2.22 bits per heavy atom. The minimum atomic E-state index is -4.53. The van der Waals surface area contributed by atoms with Crippen LogP contribution < -0.4 is 15.4 Å². The Bertz CT molecular complexity index is 1030. The maximum atomic E-state index is 12.8. The Balaban J connectivity index is 1.68. The normalized spacial score (nSPS) is 18.7. The number of nitrogens with zero attached hydrogens (tertiary/aromatic N) is 1. The van der Waals surface area contributed by atoms with Gasteiger partial charge >= 0.3 is 18.8 Å². The number of carbonyl (C=O) groups excluding carboxylic acids is 3. The topological polar surface area (TPSA) is 87.7 Å². The molecule has 2 N–H and O–H groups in total. The molecule has 1 aliphatic rings. The molecule has 170 valence electrons. The predicted molar refractivity (Wildman–Crippen MR) is 101 cm³/mol. The van der Waals surface area contributed by atoms with Gasteiger partial charge in [-0.15, -0.1) is 0 Å². The molecule has 3 rings (SSSR count). The number of urea groups is 1. The van der Waals surface area contributed by atoms with Crippen LogP contribution in [0.3, 0.4) is 0 Å². The fourth-order valence-electron chi connectivity index (χ4n) is 3.09. The van der Waals surface area contributed by atoms with E-state index in [-0.39, 0.29) is 17.0 Å². The Hall–Kier alpha value is -3.70. The van der Waals surface area contributed by atoms with Crippen LogP contribution in [-0.2, 0) is 21.3 Å². The van der Waals surface area contributed by atoms with E-state index in [9.17, 15) is 36.3 Å². The number of hydrogen-bond acceptors (Lipinski definition) is 4. The van der Waals surface area contributed by atoms with Crippen LogP contribution in [0.15, 0.2) is 48.5 Å². The highest BCUT2D eigenvalue weighted by Gasteiger charge is 2.49. The molecule has 0 spiro atoms. The number of rotatable bonds is 6. The van der Waals surface area contributed by atoms with Crippen molar-refractivity contribution in [2.45, 2.75) is 25.3 Å². The number of imide groups is 1. The number of benzene rings is 2. The molecule has 0 bridgehead atoms. The summed E-state index contributed by atoms with van der Waals surface area (Å²) in [6.45, 7) is -2.33. The standard InChI is InChI=1S/C20H16F5N3O4/c1-19(11-4-8-14(9-5-11)32-17(21)22)16(30)28(18(31)27-19)10-15(29)26-13-6-2-12(3-7-13)20(23,24)25/h2-9,17H,10H2,1H3,(H,26,29)(H,27,31). The van der Waals surface area contributed by atoms with Gasteiger partial charge in [-0.1, -0.05) is 12.1 Å². The molecule has 0 saturated carbocycles. The van der Waals surface area contributed by atoms with Crippen molar-refractivity contribution in [1.29, 1.82) is 0 Å². The van der Waals surface area contributed by atoms with Crippen molar-refractivity contribution in [3.63, 3.8) is 0 Å². The van der Waals surface area contributed by atoms with Crippen LogP contribution >= 0.6 is 0 Å². The first-order valence-electron chi connectivity index (χ1n) is 9.07. The van der Waals surface area contributed by atoms with Gasteiger partial charge in [0.15, 0.2) is 0 Å². The lowest BCUT2D eigenvalue weighted by molar-refractivity contribution is -0.137. The van der Waals surface area contributed by atoms with Crippen molar-refractivity contribution in [2.75, 3.05) is 11.9 Å². The van der Waals surface area contributed by atoms with Crippen LogP contribution in [0.4, 0.5) is 32.4 Å². The minimum absolute atomic E-state index is 0.0486. The monoisotopic (exact) mass is 457 g/mol. The summed E-state index contributed by atoms with van der Waals surface area (Å²) in [5, 5.41) is 4.76. The van der Waals surface area contributed by atoms with Gasteiger partial charge in [0.05, 0.1) is 5.56 Å². The summed E-state index contributed by atoms with van der Waals surface area (Å²) < 4.78 is 66.6. The van der Waals surface area contributed by atoms with Crippen LogP contribution in [0.25, 0.3) is 0 Å². The van der Waals surface area contributed by atoms with E-state index < -0.39 is 48.3 Å². The summed E-state index contributed by atoms with van der Waals surface area (Å²) in [7, 11) is 0. The molecule has 1 saturated heterocycles. The number of alkyl halides is 5. The highest BCUT2D eigenvalue weighted by atomic mass is 19.4. The predicted octanol–water partition coefficient (Wildman–Crippen LogP) is 3.71. The van der Waals surface area contributed by atoms with E-state index in [0.717, 1.165) is 24.3 Å². The van der Waals surface area contributed by atoms with E-state index in [1.165, 1.54) is 31.2 Å². The maximum absolute atomic E-state index is 12.8. The summed E-state index contributed by atoms with van der Waals surface area (Å²) in [5.74, 6) is -1.72. The summed E-state index contributed by atoms with van der Waals surface area (Å²) in [6.07, 6.45) is -4.53. The van der Waals surface area contributed by atoms with Crippen LogP contribution in [0.1, 0.15) is 18.1 Å². The Morgan fingerprint density at radius 1 is 1.09 bits per heavy atom. The van der Waals surface area contributed by atoms with Gasteiger partial charge in [-0.25, -0.2) is 4.79 Å². The highest BCUT2D eigenvalue weighted by molar-refractivity contribution is 6.10. The zero-order valence-electron chi connectivity index (χ0n) is 16.4. The molecule has 32 heavy (non-hydrogen) atoms. The second-order valence-electron chi connectivity index (χ2n) is 6.97. The van der Waals surface area contributed by atoms with Crippen molar-refractivity contribution >= 4 is 23.5 Å². The van der Waals surface area contributed by atoms with Crippen molar-refractivity contribution in [2.24, 2.45) is 0 Å². The second-order valence-corrected chi connectivity index (χ2v) is 6.97. The second kappa shape index (κ2) is 8.44. The van der Waals surface area contributed by atoms with Gasteiger partial charge in [0.2, 0.25) is 5.91 Å². The molecule has 7 nitrogen and oxygen atoms in total. The Morgan fingerprint density at radius 2 is 1.69 bits per heavy atom. The largest absolute Gasteiger partial charge is 0.435 e. The van der Waals surface area contributed by atoms with Crippen molar-refractivity contribution < 1.29 is 41.1 Å². The molecule has 0 radical (unpaired) electrons. The Labute approximate surface area is 178 Å². The first kappa shape index (κ1) is 23.0. The SMILES string of the molecule is CC1(c2ccc(OC(F)F)cc2)NC(=O)N(CC(=O)Nc2ccc(C(F)(F)F)cc2)C1=O. The molecule has 0 aliphatic carbocycles. The van der Waals surface area contributed by atoms with Crippen LogP contribution in [0.2, 0.25) is 0 Å². The van der Waals surface area contributed by atoms with Crippen molar-refractivity contribution in [1.82, 2.24) is 10.2 Å². The van der Waals surface area contributed by atoms with Crippen LogP contribution in [-0.4, -0.2) is 35.9 Å². The fourth-order valence-corrected chi connectivity index (χ4v) is 3.09. The first-order chi connectivity index (χ1) is 14.9. The van der Waals surface area contributed by atoms with E-state index in [1.54, 1.807) is 0 Å². The van der Waals surface area contributed by atoms with E-state index in [4.69, 9.17) is 0 Å². The maximum Gasteiger partial charge on any atom is 0.416 e. The third kappa shape index (κ3) is 4.79. The fraction of sp³-hybridized carbons (Fsp3) is 0.250. The zero-order valence-corrected chi connectivity index (χ0v) is 16.4. The number of carbonyl (C=O) groups is 3. The van der Waals surface area contributed by atoms with E-state index in [1.807, 2.05) is 0 Å². The summed E-state index contributed by atoms with van der Waals surface area (Å²) in [4.78, 5) is 38.0. The third-order valence-electron chi connectivity index (χ3n) is 4.73.